The maximum atomic E-state index is 11.8. The monoisotopic (exact) mass is 333 g/mol. The van der Waals surface area contributed by atoms with Gasteiger partial charge in [0.25, 0.3) is 0 Å². The van der Waals surface area contributed by atoms with E-state index in [9.17, 15) is 9.90 Å². The van der Waals surface area contributed by atoms with Gasteiger partial charge in [0.1, 0.15) is 0 Å². The van der Waals surface area contributed by atoms with Crippen LogP contribution in [0, 0.1) is 13.8 Å². The number of hydrogen-bond donors (Lipinski definition) is 1. The Bertz CT molecular complexity index is 961. The Labute approximate surface area is 147 Å². The van der Waals surface area contributed by atoms with Crippen molar-refractivity contribution < 1.29 is 9.90 Å². The standard InChI is InChI=1S/C22H23NO2/c1-14-10-15(2)12-16(11-14)13-23-20-9-4-3-6-17(20)18-7-5-8-19(21(18)23)22(24)25/h5,7-8,10-12H,3-4,6,9,13H2,1-2H3,(H,24,25). The Morgan fingerprint density at radius 1 is 1.08 bits per heavy atom. The molecule has 0 saturated carbocycles. The van der Waals surface area contributed by atoms with Gasteiger partial charge in [-0.1, -0.05) is 41.5 Å². The summed E-state index contributed by atoms with van der Waals surface area (Å²) in [6.45, 7) is 4.96. The summed E-state index contributed by atoms with van der Waals surface area (Å²) in [5, 5.41) is 10.8. The molecule has 0 atom stereocenters. The third-order valence-electron chi connectivity index (χ3n) is 5.25. The molecule has 2 aromatic carbocycles. The van der Waals surface area contributed by atoms with Gasteiger partial charge in [0.05, 0.1) is 11.1 Å². The minimum absolute atomic E-state index is 0.413. The Morgan fingerprint density at radius 2 is 1.80 bits per heavy atom. The third kappa shape index (κ3) is 2.74. The number of fused-ring (bicyclic) bond motifs is 3. The largest absolute Gasteiger partial charge is 0.478 e. The van der Waals surface area contributed by atoms with Crippen molar-refractivity contribution in [1.82, 2.24) is 4.57 Å². The van der Waals surface area contributed by atoms with E-state index >= 15 is 0 Å². The SMILES string of the molecule is Cc1cc(C)cc(Cn2c3c(c4cccc(C(=O)O)c42)CCCC3)c1. The number of hydrogen-bond acceptors (Lipinski definition) is 1. The lowest BCUT2D eigenvalue weighted by molar-refractivity contribution is 0.0698. The van der Waals surface area contributed by atoms with E-state index in [1.54, 1.807) is 6.07 Å². The highest BCUT2D eigenvalue weighted by Crippen LogP contribution is 2.34. The Balaban J connectivity index is 1.96. The molecule has 0 aliphatic heterocycles. The zero-order chi connectivity index (χ0) is 17.6. The summed E-state index contributed by atoms with van der Waals surface area (Å²) in [5.74, 6) is -0.845. The lowest BCUT2D eigenvalue weighted by Gasteiger charge is -2.17. The van der Waals surface area contributed by atoms with E-state index in [-0.39, 0.29) is 0 Å². The van der Waals surface area contributed by atoms with Crippen molar-refractivity contribution in [2.45, 2.75) is 46.1 Å². The van der Waals surface area contributed by atoms with Gasteiger partial charge in [-0.3, -0.25) is 0 Å². The normalized spacial score (nSPS) is 13.8. The van der Waals surface area contributed by atoms with Gasteiger partial charge in [-0.25, -0.2) is 4.79 Å². The molecular weight excluding hydrogens is 310 g/mol. The highest BCUT2D eigenvalue weighted by atomic mass is 16.4. The molecule has 0 radical (unpaired) electrons. The van der Waals surface area contributed by atoms with Crippen LogP contribution >= 0.6 is 0 Å². The summed E-state index contributed by atoms with van der Waals surface area (Å²) < 4.78 is 2.27. The highest BCUT2D eigenvalue weighted by Gasteiger charge is 2.23. The summed E-state index contributed by atoms with van der Waals surface area (Å²) in [6, 6.07) is 12.3. The first-order valence-corrected chi connectivity index (χ1v) is 8.98. The van der Waals surface area contributed by atoms with E-state index in [0.717, 1.165) is 30.3 Å². The molecule has 0 spiro atoms. The van der Waals surface area contributed by atoms with Gasteiger partial charge in [-0.2, -0.15) is 0 Å². The molecular formula is C22H23NO2. The molecule has 0 bridgehead atoms. The molecule has 4 rings (SSSR count). The molecule has 128 valence electrons. The highest BCUT2D eigenvalue weighted by molar-refractivity contribution is 6.04. The third-order valence-corrected chi connectivity index (χ3v) is 5.25. The first-order chi connectivity index (χ1) is 12.0. The molecule has 3 nitrogen and oxygen atoms in total. The zero-order valence-corrected chi connectivity index (χ0v) is 14.8. The van der Waals surface area contributed by atoms with Crippen LogP contribution in [0.1, 0.15) is 51.1 Å². The molecule has 1 aliphatic carbocycles. The smallest absolute Gasteiger partial charge is 0.337 e. The number of nitrogens with zero attached hydrogens (tertiary/aromatic N) is 1. The lowest BCUT2D eigenvalue weighted by Crippen LogP contribution is -2.11. The predicted molar refractivity (Wildman–Crippen MR) is 101 cm³/mol. The number of carbonyl (C=O) groups is 1. The number of carboxylic acid groups (broad SMARTS) is 1. The number of carboxylic acids is 1. The van der Waals surface area contributed by atoms with Crippen LogP contribution in [0.2, 0.25) is 0 Å². The van der Waals surface area contributed by atoms with Crippen LogP contribution in [0.3, 0.4) is 0 Å². The number of para-hydroxylation sites is 1. The van der Waals surface area contributed by atoms with Crippen molar-refractivity contribution in [2.75, 3.05) is 0 Å². The second-order valence-corrected chi connectivity index (χ2v) is 7.22. The summed E-state index contributed by atoms with van der Waals surface area (Å²) in [4.78, 5) is 11.8. The number of aromatic nitrogens is 1. The fourth-order valence-corrected chi connectivity index (χ4v) is 4.38. The van der Waals surface area contributed by atoms with Gasteiger partial charge in [-0.15, -0.1) is 0 Å². The van der Waals surface area contributed by atoms with E-state index < -0.39 is 5.97 Å². The minimum atomic E-state index is -0.845. The zero-order valence-electron chi connectivity index (χ0n) is 14.8. The molecule has 0 unspecified atom stereocenters. The molecule has 25 heavy (non-hydrogen) atoms. The number of aryl methyl sites for hydroxylation is 3. The number of aromatic carboxylic acids is 1. The predicted octanol–water partition coefficient (Wildman–Crippen LogP) is 4.88. The van der Waals surface area contributed by atoms with Crippen LogP contribution in [0.15, 0.2) is 36.4 Å². The Hall–Kier alpha value is -2.55. The van der Waals surface area contributed by atoms with Gasteiger partial charge in [0, 0.05) is 17.6 Å². The van der Waals surface area contributed by atoms with Crippen LogP contribution in [-0.2, 0) is 19.4 Å². The van der Waals surface area contributed by atoms with E-state index in [4.69, 9.17) is 0 Å². The van der Waals surface area contributed by atoms with Crippen molar-refractivity contribution in [3.05, 3.63) is 69.9 Å². The van der Waals surface area contributed by atoms with Gasteiger partial charge >= 0.3 is 5.97 Å². The quantitative estimate of drug-likeness (QED) is 0.742. The van der Waals surface area contributed by atoms with Crippen molar-refractivity contribution in [2.24, 2.45) is 0 Å². The van der Waals surface area contributed by atoms with Gasteiger partial charge in [0.15, 0.2) is 0 Å². The summed E-state index contributed by atoms with van der Waals surface area (Å²) in [5.41, 5.74) is 7.72. The average Bonchev–Trinajstić information content (AvgIpc) is 2.88. The van der Waals surface area contributed by atoms with Gasteiger partial charge in [0.2, 0.25) is 0 Å². The Morgan fingerprint density at radius 3 is 2.52 bits per heavy atom. The molecule has 0 saturated heterocycles. The van der Waals surface area contributed by atoms with Crippen LogP contribution < -0.4 is 0 Å². The molecule has 1 aliphatic rings. The van der Waals surface area contributed by atoms with Crippen molar-refractivity contribution >= 4 is 16.9 Å². The second-order valence-electron chi connectivity index (χ2n) is 7.22. The fourth-order valence-electron chi connectivity index (χ4n) is 4.38. The van der Waals surface area contributed by atoms with Crippen LogP contribution in [-0.4, -0.2) is 15.6 Å². The molecule has 1 heterocycles. The Kier molecular flexibility index (Phi) is 3.87. The van der Waals surface area contributed by atoms with E-state index in [1.807, 2.05) is 6.07 Å². The van der Waals surface area contributed by atoms with Crippen molar-refractivity contribution in [1.29, 1.82) is 0 Å². The second kappa shape index (κ2) is 6.07. The van der Waals surface area contributed by atoms with Crippen LogP contribution in [0.5, 0.6) is 0 Å². The number of benzene rings is 2. The van der Waals surface area contributed by atoms with Gasteiger partial charge in [-0.05, 0) is 56.7 Å². The van der Waals surface area contributed by atoms with Gasteiger partial charge < -0.3 is 9.67 Å². The van der Waals surface area contributed by atoms with Crippen LogP contribution in [0.25, 0.3) is 10.9 Å². The van der Waals surface area contributed by atoms with Crippen molar-refractivity contribution in [3.8, 4) is 0 Å². The first kappa shape index (κ1) is 15.9. The molecule has 3 heteroatoms. The molecule has 1 N–H and O–H groups in total. The maximum Gasteiger partial charge on any atom is 0.337 e. The lowest BCUT2D eigenvalue weighted by atomic mass is 9.95. The van der Waals surface area contributed by atoms with E-state index in [2.05, 4.69) is 42.7 Å². The molecule has 0 amide bonds. The average molecular weight is 333 g/mol. The fraction of sp³-hybridized carbons (Fsp3) is 0.318. The molecule has 3 aromatic rings. The molecule has 0 fully saturated rings. The van der Waals surface area contributed by atoms with E-state index in [0.29, 0.717) is 5.56 Å². The summed E-state index contributed by atoms with van der Waals surface area (Å²) >= 11 is 0. The molecule has 1 aromatic heterocycles. The maximum absolute atomic E-state index is 11.8. The van der Waals surface area contributed by atoms with Crippen molar-refractivity contribution in [3.63, 3.8) is 0 Å². The summed E-state index contributed by atoms with van der Waals surface area (Å²) in [7, 11) is 0. The summed E-state index contributed by atoms with van der Waals surface area (Å²) in [6.07, 6.45) is 4.45. The minimum Gasteiger partial charge on any atom is -0.478 e. The van der Waals surface area contributed by atoms with Crippen LogP contribution in [0.4, 0.5) is 0 Å². The topological polar surface area (TPSA) is 42.2 Å². The van der Waals surface area contributed by atoms with E-state index in [1.165, 1.54) is 40.8 Å². The first-order valence-electron chi connectivity index (χ1n) is 8.98. The number of rotatable bonds is 3.